The van der Waals surface area contributed by atoms with E-state index in [1.807, 2.05) is 54.6 Å². The lowest BCUT2D eigenvalue weighted by Crippen LogP contribution is -2.14. The second-order valence-corrected chi connectivity index (χ2v) is 4.84. The van der Waals surface area contributed by atoms with Crippen LogP contribution in [-0.4, -0.2) is 10.9 Å². The third-order valence-corrected chi connectivity index (χ3v) is 3.30. The van der Waals surface area contributed by atoms with E-state index in [9.17, 15) is 9.59 Å². The fraction of sp³-hybridized carbons (Fsp3) is 0. The number of aromatic amines is 1. The molecule has 0 spiro atoms. The highest BCUT2D eigenvalue weighted by Gasteiger charge is 2.06. The molecule has 4 nitrogen and oxygen atoms in total. The molecule has 22 heavy (non-hydrogen) atoms. The Hall–Kier alpha value is -3.14. The first-order valence-corrected chi connectivity index (χ1v) is 6.88. The monoisotopic (exact) mass is 290 g/mol. The number of benzene rings is 2. The summed E-state index contributed by atoms with van der Waals surface area (Å²) < 4.78 is 0. The van der Waals surface area contributed by atoms with Crippen LogP contribution in [0.15, 0.2) is 77.7 Å². The van der Waals surface area contributed by atoms with Crippen LogP contribution in [0.5, 0.6) is 0 Å². The Bertz CT molecular complexity index is 816. The Morgan fingerprint density at radius 1 is 0.818 bits per heavy atom. The molecule has 3 rings (SSSR count). The minimum Gasteiger partial charge on any atom is -0.328 e. The molecule has 2 N–H and O–H groups in total. The molecule has 0 saturated carbocycles. The summed E-state index contributed by atoms with van der Waals surface area (Å²) >= 11 is 0. The van der Waals surface area contributed by atoms with E-state index in [1.165, 1.54) is 18.3 Å². The molecular weight excluding hydrogens is 276 g/mol. The molecule has 0 aliphatic carbocycles. The van der Waals surface area contributed by atoms with Crippen LogP contribution in [0.3, 0.4) is 0 Å². The first kappa shape index (κ1) is 13.8. The van der Waals surface area contributed by atoms with Gasteiger partial charge in [0.2, 0.25) is 5.56 Å². The number of H-pyrrole nitrogens is 1. The number of hydrogen-bond acceptors (Lipinski definition) is 2. The van der Waals surface area contributed by atoms with Gasteiger partial charge < -0.3 is 10.3 Å². The quantitative estimate of drug-likeness (QED) is 0.777. The van der Waals surface area contributed by atoms with Gasteiger partial charge >= 0.3 is 0 Å². The largest absolute Gasteiger partial charge is 0.328 e. The predicted octanol–water partition coefficient (Wildman–Crippen LogP) is 3.29. The van der Waals surface area contributed by atoms with Crippen molar-refractivity contribution in [3.8, 4) is 11.1 Å². The predicted molar refractivity (Wildman–Crippen MR) is 86.9 cm³/mol. The number of hydrogen-bond donors (Lipinski definition) is 2. The fourth-order valence-electron chi connectivity index (χ4n) is 2.13. The van der Waals surface area contributed by atoms with E-state index in [2.05, 4.69) is 10.3 Å². The van der Waals surface area contributed by atoms with Gasteiger partial charge in [-0.1, -0.05) is 42.5 Å². The molecule has 0 saturated heterocycles. The van der Waals surface area contributed by atoms with E-state index >= 15 is 0 Å². The molecule has 1 aromatic heterocycles. The van der Waals surface area contributed by atoms with Gasteiger partial charge in [0.1, 0.15) is 0 Å². The molecule has 2 aromatic carbocycles. The van der Waals surface area contributed by atoms with E-state index in [-0.39, 0.29) is 11.5 Å². The van der Waals surface area contributed by atoms with Crippen molar-refractivity contribution in [2.24, 2.45) is 0 Å². The Balaban J connectivity index is 1.75. The zero-order valence-corrected chi connectivity index (χ0v) is 11.7. The number of amides is 1. The van der Waals surface area contributed by atoms with Crippen molar-refractivity contribution in [3.05, 3.63) is 88.8 Å². The van der Waals surface area contributed by atoms with Crippen LogP contribution >= 0.6 is 0 Å². The third kappa shape index (κ3) is 3.12. The number of rotatable bonds is 3. The Kier molecular flexibility index (Phi) is 3.83. The Morgan fingerprint density at radius 3 is 2.14 bits per heavy atom. The van der Waals surface area contributed by atoms with Gasteiger partial charge in [-0.15, -0.1) is 0 Å². The lowest BCUT2D eigenvalue weighted by atomic mass is 10.1. The van der Waals surface area contributed by atoms with Crippen molar-refractivity contribution in [2.45, 2.75) is 0 Å². The van der Waals surface area contributed by atoms with Crippen LogP contribution in [0, 0.1) is 0 Å². The highest BCUT2D eigenvalue weighted by atomic mass is 16.1. The van der Waals surface area contributed by atoms with Gasteiger partial charge in [-0.2, -0.15) is 0 Å². The van der Waals surface area contributed by atoms with Crippen LogP contribution in [-0.2, 0) is 0 Å². The second-order valence-electron chi connectivity index (χ2n) is 4.84. The van der Waals surface area contributed by atoms with Gasteiger partial charge in [0.25, 0.3) is 5.91 Å². The lowest BCUT2D eigenvalue weighted by Gasteiger charge is -2.06. The van der Waals surface area contributed by atoms with Crippen LogP contribution in [0.25, 0.3) is 11.1 Å². The van der Waals surface area contributed by atoms with Crippen molar-refractivity contribution in [1.82, 2.24) is 4.98 Å². The molecule has 3 aromatic rings. The van der Waals surface area contributed by atoms with Crippen LogP contribution < -0.4 is 10.9 Å². The summed E-state index contributed by atoms with van der Waals surface area (Å²) in [4.78, 5) is 25.5. The molecule has 0 aliphatic heterocycles. The maximum Gasteiger partial charge on any atom is 0.257 e. The third-order valence-electron chi connectivity index (χ3n) is 3.30. The molecule has 0 unspecified atom stereocenters. The molecule has 0 fully saturated rings. The van der Waals surface area contributed by atoms with Gasteiger partial charge in [-0.05, 0) is 29.3 Å². The Morgan fingerprint density at radius 2 is 1.50 bits per heavy atom. The summed E-state index contributed by atoms with van der Waals surface area (Å²) in [5.74, 6) is -0.260. The molecule has 1 amide bonds. The number of aromatic nitrogens is 1. The highest BCUT2D eigenvalue weighted by molar-refractivity contribution is 6.04. The maximum absolute atomic E-state index is 12.0. The van der Waals surface area contributed by atoms with Crippen molar-refractivity contribution in [3.63, 3.8) is 0 Å². The molecule has 4 heteroatoms. The molecular formula is C18H14N2O2. The number of pyridine rings is 1. The second kappa shape index (κ2) is 6.10. The van der Waals surface area contributed by atoms with E-state index in [0.717, 1.165) is 11.1 Å². The Labute approximate surface area is 127 Å². The normalized spacial score (nSPS) is 10.2. The van der Waals surface area contributed by atoms with Crippen LogP contribution in [0.2, 0.25) is 0 Å². The molecule has 108 valence electrons. The summed E-state index contributed by atoms with van der Waals surface area (Å²) in [5, 5.41) is 2.80. The topological polar surface area (TPSA) is 62.0 Å². The maximum atomic E-state index is 12.0. The summed E-state index contributed by atoms with van der Waals surface area (Å²) in [7, 11) is 0. The molecule has 1 heterocycles. The minimum absolute atomic E-state index is 0.233. The standard InChI is InChI=1S/C18H14N2O2/c21-17-11-8-15(12-19-17)18(22)20-16-9-6-14(7-10-16)13-4-2-1-3-5-13/h1-12H,(H,19,21)(H,20,22). The number of nitrogens with one attached hydrogen (secondary N) is 2. The molecule has 0 aliphatic rings. The zero-order valence-electron chi connectivity index (χ0n) is 11.7. The van der Waals surface area contributed by atoms with Crippen LogP contribution in [0.4, 0.5) is 5.69 Å². The van der Waals surface area contributed by atoms with Gasteiger partial charge in [0.15, 0.2) is 0 Å². The zero-order chi connectivity index (χ0) is 15.4. The number of carbonyl (C=O) groups is 1. The van der Waals surface area contributed by atoms with Crippen molar-refractivity contribution in [2.75, 3.05) is 5.32 Å². The summed E-state index contributed by atoms with van der Waals surface area (Å²) in [6.45, 7) is 0. The SMILES string of the molecule is O=C(Nc1ccc(-c2ccccc2)cc1)c1ccc(=O)[nH]c1. The fourth-order valence-corrected chi connectivity index (χ4v) is 2.13. The molecule has 0 atom stereocenters. The van der Waals surface area contributed by atoms with Gasteiger partial charge in [0, 0.05) is 18.0 Å². The van der Waals surface area contributed by atoms with E-state index in [1.54, 1.807) is 0 Å². The average molecular weight is 290 g/mol. The van der Waals surface area contributed by atoms with E-state index in [4.69, 9.17) is 0 Å². The van der Waals surface area contributed by atoms with E-state index in [0.29, 0.717) is 11.3 Å². The smallest absolute Gasteiger partial charge is 0.257 e. The van der Waals surface area contributed by atoms with Crippen molar-refractivity contribution >= 4 is 11.6 Å². The summed E-state index contributed by atoms with van der Waals surface area (Å²) in [6.07, 6.45) is 1.40. The lowest BCUT2D eigenvalue weighted by molar-refractivity contribution is 0.102. The summed E-state index contributed by atoms with van der Waals surface area (Å²) in [6, 6.07) is 20.5. The molecule has 0 bridgehead atoms. The average Bonchev–Trinajstić information content (AvgIpc) is 2.57. The highest BCUT2D eigenvalue weighted by Crippen LogP contribution is 2.21. The number of anilines is 1. The molecule has 0 radical (unpaired) electrons. The van der Waals surface area contributed by atoms with E-state index < -0.39 is 0 Å². The van der Waals surface area contributed by atoms with Crippen molar-refractivity contribution in [1.29, 1.82) is 0 Å². The summed E-state index contributed by atoms with van der Waals surface area (Å²) in [5.41, 5.74) is 3.09. The first-order valence-electron chi connectivity index (χ1n) is 6.88. The van der Waals surface area contributed by atoms with Gasteiger partial charge in [-0.25, -0.2) is 0 Å². The minimum atomic E-state index is -0.260. The van der Waals surface area contributed by atoms with Gasteiger partial charge in [0.05, 0.1) is 5.56 Å². The van der Waals surface area contributed by atoms with Gasteiger partial charge in [-0.3, -0.25) is 9.59 Å². The van der Waals surface area contributed by atoms with Crippen LogP contribution in [0.1, 0.15) is 10.4 Å². The number of carbonyl (C=O) groups excluding carboxylic acids is 1. The first-order chi connectivity index (χ1) is 10.7. The van der Waals surface area contributed by atoms with Crippen molar-refractivity contribution < 1.29 is 4.79 Å².